The zero-order chi connectivity index (χ0) is 13.1. The van der Waals surface area contributed by atoms with Crippen molar-refractivity contribution < 1.29 is 9.53 Å². The Morgan fingerprint density at radius 2 is 2.33 bits per heavy atom. The van der Waals surface area contributed by atoms with E-state index in [-0.39, 0.29) is 33.9 Å². The van der Waals surface area contributed by atoms with Gasteiger partial charge in [-0.3, -0.25) is 4.79 Å². The summed E-state index contributed by atoms with van der Waals surface area (Å²) in [6.45, 7) is 2.66. The van der Waals surface area contributed by atoms with Crippen molar-refractivity contribution in [3.63, 3.8) is 0 Å². The number of carbonyl (C=O) groups is 1. The zero-order valence-corrected chi connectivity index (χ0v) is 11.5. The van der Waals surface area contributed by atoms with E-state index in [2.05, 4.69) is 10.3 Å². The minimum Gasteiger partial charge on any atom is -0.376 e. The van der Waals surface area contributed by atoms with Gasteiger partial charge in [-0.25, -0.2) is 4.98 Å². The molecule has 0 spiro atoms. The highest BCUT2D eigenvalue weighted by molar-refractivity contribution is 6.34. The van der Waals surface area contributed by atoms with Gasteiger partial charge < -0.3 is 10.1 Å². The van der Waals surface area contributed by atoms with Crippen molar-refractivity contribution in [2.24, 2.45) is 0 Å². The largest absolute Gasteiger partial charge is 0.376 e. The lowest BCUT2D eigenvalue weighted by molar-refractivity contribution is 0.0709. The third kappa shape index (κ3) is 3.13. The molecule has 1 aliphatic heterocycles. The van der Waals surface area contributed by atoms with E-state index in [0.717, 1.165) is 19.4 Å². The predicted octanol–water partition coefficient (Wildman–Crippen LogP) is 2.69. The molecule has 18 heavy (non-hydrogen) atoms. The average Bonchev–Trinajstić information content (AvgIpc) is 2.85. The van der Waals surface area contributed by atoms with Crippen LogP contribution in [0.5, 0.6) is 0 Å². The summed E-state index contributed by atoms with van der Waals surface area (Å²) < 4.78 is 5.51. The Kier molecular flexibility index (Phi) is 4.43. The van der Waals surface area contributed by atoms with E-state index in [1.54, 1.807) is 12.1 Å². The lowest BCUT2D eigenvalue weighted by Crippen LogP contribution is -2.41. The summed E-state index contributed by atoms with van der Waals surface area (Å²) in [6, 6.07) is 3.03. The van der Waals surface area contributed by atoms with Gasteiger partial charge >= 0.3 is 0 Å². The van der Waals surface area contributed by atoms with Crippen LogP contribution in [-0.2, 0) is 4.74 Å². The van der Waals surface area contributed by atoms with Crippen LogP contribution in [0, 0.1) is 0 Å². The fourth-order valence-corrected chi connectivity index (χ4v) is 2.28. The van der Waals surface area contributed by atoms with Gasteiger partial charge in [-0.2, -0.15) is 0 Å². The molecule has 4 nitrogen and oxygen atoms in total. The molecule has 1 fully saturated rings. The molecule has 2 heterocycles. The molecule has 1 aromatic heterocycles. The average molecular weight is 289 g/mol. The fraction of sp³-hybridized carbons (Fsp3) is 0.500. The first-order valence-corrected chi connectivity index (χ1v) is 6.58. The second-order valence-electron chi connectivity index (χ2n) is 4.28. The first-order valence-electron chi connectivity index (χ1n) is 5.82. The van der Waals surface area contributed by atoms with Crippen molar-refractivity contribution in [2.45, 2.75) is 31.9 Å². The van der Waals surface area contributed by atoms with Gasteiger partial charge in [0.15, 0.2) is 0 Å². The normalized spacial score (nSPS) is 20.7. The van der Waals surface area contributed by atoms with Crippen LogP contribution in [-0.4, -0.2) is 29.6 Å². The Hall–Kier alpha value is -0.840. The van der Waals surface area contributed by atoms with Crippen molar-refractivity contribution in [2.75, 3.05) is 6.61 Å². The highest BCUT2D eigenvalue weighted by Gasteiger charge is 2.25. The maximum atomic E-state index is 12.0. The van der Waals surface area contributed by atoms with Crippen LogP contribution in [0.15, 0.2) is 12.1 Å². The maximum absolute atomic E-state index is 12.0. The first kappa shape index (κ1) is 13.6. The number of ether oxygens (including phenoxy) is 1. The van der Waals surface area contributed by atoms with Gasteiger partial charge in [0.2, 0.25) is 0 Å². The molecule has 1 saturated heterocycles. The standard InChI is InChI=1S/C12H14Cl2N2O2/c1-7(9-3-2-6-18-9)15-12(17)11-8(13)4-5-10(14)16-11/h4-5,7,9H,2-3,6H2,1H3,(H,15,17)/t7-,9-/m0/s1. The molecule has 1 aliphatic rings. The second-order valence-corrected chi connectivity index (χ2v) is 5.07. The summed E-state index contributed by atoms with van der Waals surface area (Å²) in [5.41, 5.74) is 0.147. The predicted molar refractivity (Wildman–Crippen MR) is 70.2 cm³/mol. The number of rotatable bonds is 3. The third-order valence-electron chi connectivity index (χ3n) is 2.91. The zero-order valence-electron chi connectivity index (χ0n) is 9.95. The Bertz CT molecular complexity index is 448. The van der Waals surface area contributed by atoms with Crippen LogP contribution in [0.2, 0.25) is 10.2 Å². The highest BCUT2D eigenvalue weighted by Crippen LogP contribution is 2.19. The molecule has 0 unspecified atom stereocenters. The van der Waals surface area contributed by atoms with Gasteiger partial charge in [0.1, 0.15) is 10.8 Å². The Labute approximate surface area is 116 Å². The number of pyridine rings is 1. The molecule has 98 valence electrons. The van der Waals surface area contributed by atoms with E-state index in [1.807, 2.05) is 6.92 Å². The lowest BCUT2D eigenvalue weighted by Gasteiger charge is -2.19. The summed E-state index contributed by atoms with van der Waals surface area (Å²) >= 11 is 11.7. The number of aromatic nitrogens is 1. The van der Waals surface area contributed by atoms with Crippen molar-refractivity contribution in [1.82, 2.24) is 10.3 Å². The van der Waals surface area contributed by atoms with Crippen LogP contribution in [0.1, 0.15) is 30.3 Å². The molecule has 1 N–H and O–H groups in total. The Balaban J connectivity index is 2.04. The Morgan fingerprint density at radius 1 is 1.56 bits per heavy atom. The minimum atomic E-state index is -0.328. The van der Waals surface area contributed by atoms with Gasteiger partial charge in [-0.15, -0.1) is 0 Å². The van der Waals surface area contributed by atoms with E-state index < -0.39 is 0 Å². The summed E-state index contributed by atoms with van der Waals surface area (Å²) in [5, 5.41) is 3.37. The second kappa shape index (κ2) is 5.87. The Morgan fingerprint density at radius 3 is 3.00 bits per heavy atom. The molecule has 0 saturated carbocycles. The summed E-state index contributed by atoms with van der Waals surface area (Å²) in [5.74, 6) is -0.328. The summed E-state index contributed by atoms with van der Waals surface area (Å²) in [4.78, 5) is 15.9. The van der Waals surface area contributed by atoms with Gasteiger partial charge in [0.25, 0.3) is 5.91 Å². The maximum Gasteiger partial charge on any atom is 0.271 e. The molecule has 1 aromatic rings. The van der Waals surface area contributed by atoms with Gasteiger partial charge in [-0.05, 0) is 31.9 Å². The smallest absolute Gasteiger partial charge is 0.271 e. The summed E-state index contributed by atoms with van der Waals surface area (Å²) in [6.07, 6.45) is 2.05. The third-order valence-corrected chi connectivity index (χ3v) is 3.42. The van der Waals surface area contributed by atoms with Crippen molar-refractivity contribution in [3.05, 3.63) is 28.0 Å². The quantitative estimate of drug-likeness (QED) is 0.870. The molecule has 1 amide bonds. The molecular formula is C12H14Cl2N2O2. The monoisotopic (exact) mass is 288 g/mol. The molecule has 6 heteroatoms. The van der Waals surface area contributed by atoms with E-state index in [0.29, 0.717) is 0 Å². The van der Waals surface area contributed by atoms with E-state index in [4.69, 9.17) is 27.9 Å². The van der Waals surface area contributed by atoms with Crippen LogP contribution in [0.3, 0.4) is 0 Å². The number of amides is 1. The highest BCUT2D eigenvalue weighted by atomic mass is 35.5. The first-order chi connectivity index (χ1) is 8.58. The molecular weight excluding hydrogens is 275 g/mol. The number of nitrogens with one attached hydrogen (secondary N) is 1. The van der Waals surface area contributed by atoms with E-state index in [9.17, 15) is 4.79 Å². The van der Waals surface area contributed by atoms with Crippen LogP contribution in [0.25, 0.3) is 0 Å². The van der Waals surface area contributed by atoms with E-state index in [1.165, 1.54) is 0 Å². The van der Waals surface area contributed by atoms with Crippen molar-refractivity contribution in [1.29, 1.82) is 0 Å². The number of hydrogen-bond acceptors (Lipinski definition) is 3. The lowest BCUT2D eigenvalue weighted by atomic mass is 10.1. The number of carbonyl (C=O) groups excluding carboxylic acids is 1. The van der Waals surface area contributed by atoms with E-state index >= 15 is 0 Å². The topological polar surface area (TPSA) is 51.2 Å². The molecule has 2 rings (SSSR count). The number of halogens is 2. The molecule has 2 atom stereocenters. The SMILES string of the molecule is C[C@H](NC(=O)c1nc(Cl)ccc1Cl)[C@@H]1CCCO1. The van der Waals surface area contributed by atoms with Crippen molar-refractivity contribution >= 4 is 29.1 Å². The van der Waals surface area contributed by atoms with Gasteiger partial charge in [0.05, 0.1) is 17.2 Å². The molecule has 0 aromatic carbocycles. The van der Waals surface area contributed by atoms with Crippen LogP contribution < -0.4 is 5.32 Å². The van der Waals surface area contributed by atoms with Crippen LogP contribution in [0.4, 0.5) is 0 Å². The van der Waals surface area contributed by atoms with Gasteiger partial charge in [-0.1, -0.05) is 23.2 Å². The number of hydrogen-bond donors (Lipinski definition) is 1. The minimum absolute atomic E-state index is 0.0620. The van der Waals surface area contributed by atoms with Crippen molar-refractivity contribution in [3.8, 4) is 0 Å². The molecule has 0 aliphatic carbocycles. The summed E-state index contributed by atoms with van der Waals surface area (Å²) in [7, 11) is 0. The molecule has 0 radical (unpaired) electrons. The van der Waals surface area contributed by atoms with Crippen LogP contribution >= 0.6 is 23.2 Å². The van der Waals surface area contributed by atoms with Gasteiger partial charge in [0, 0.05) is 6.61 Å². The fourth-order valence-electron chi connectivity index (χ4n) is 1.94. The molecule has 0 bridgehead atoms. The number of nitrogens with zero attached hydrogens (tertiary/aromatic N) is 1.